The maximum absolute atomic E-state index is 13.1. The van der Waals surface area contributed by atoms with Crippen molar-refractivity contribution in [2.75, 3.05) is 44.4 Å². The van der Waals surface area contributed by atoms with Crippen molar-refractivity contribution in [2.24, 2.45) is 0 Å². The van der Waals surface area contributed by atoms with Crippen molar-refractivity contribution < 1.29 is 24.5 Å². The number of benzene rings is 2. The minimum absolute atomic E-state index is 0.187. The fraction of sp³-hybridized carbons (Fsp3) is 0.368. The molecule has 6 heteroatoms. The lowest BCUT2D eigenvalue weighted by molar-refractivity contribution is -0.938. The normalized spacial score (nSPS) is 18.4. The first-order valence-electron chi connectivity index (χ1n) is 8.78. The molecule has 2 aliphatic rings. The first-order valence-corrected chi connectivity index (χ1v) is 8.78. The number of rotatable bonds is 4. The van der Waals surface area contributed by atoms with E-state index in [1.807, 2.05) is 18.2 Å². The van der Waals surface area contributed by atoms with E-state index in [1.54, 1.807) is 0 Å². The maximum Gasteiger partial charge on any atom is 0.231 e. The molecule has 4 N–H and O–H groups in total. The average Bonchev–Trinajstić information content (AvgIpc) is 3.12. The van der Waals surface area contributed by atoms with Gasteiger partial charge in [0.15, 0.2) is 17.5 Å². The molecule has 2 aliphatic heterocycles. The maximum atomic E-state index is 13.1. The largest absolute Gasteiger partial charge is 0.454 e. The molecule has 25 heavy (non-hydrogen) atoms. The Morgan fingerprint density at radius 3 is 2.48 bits per heavy atom. The van der Waals surface area contributed by atoms with E-state index in [-0.39, 0.29) is 5.82 Å². The second-order valence-electron chi connectivity index (χ2n) is 6.58. The number of nitrogens with one attached hydrogen (secondary N) is 1. The van der Waals surface area contributed by atoms with Gasteiger partial charge in [-0.25, -0.2) is 4.39 Å². The summed E-state index contributed by atoms with van der Waals surface area (Å²) in [4.78, 5) is 3.86. The van der Waals surface area contributed by atoms with Gasteiger partial charge in [0.2, 0.25) is 6.79 Å². The van der Waals surface area contributed by atoms with Crippen LogP contribution in [0.25, 0.3) is 0 Å². The van der Waals surface area contributed by atoms with Crippen LogP contribution in [-0.2, 0) is 0 Å². The summed E-state index contributed by atoms with van der Waals surface area (Å²) in [5, 5.41) is 0. The molecule has 2 aromatic carbocycles. The van der Waals surface area contributed by atoms with E-state index < -0.39 is 0 Å². The summed E-state index contributed by atoms with van der Waals surface area (Å²) in [6.45, 7) is 5.13. The predicted molar refractivity (Wildman–Crippen MR) is 92.4 cm³/mol. The quantitative estimate of drug-likeness (QED) is 0.835. The number of piperazine rings is 1. The highest BCUT2D eigenvalue weighted by atomic mass is 19.1. The van der Waals surface area contributed by atoms with Crippen molar-refractivity contribution in [3.63, 3.8) is 0 Å². The van der Waals surface area contributed by atoms with Crippen LogP contribution in [0.15, 0.2) is 42.5 Å². The van der Waals surface area contributed by atoms with Gasteiger partial charge >= 0.3 is 0 Å². The number of fused-ring (bicyclic) bond motifs is 1. The van der Waals surface area contributed by atoms with Gasteiger partial charge in [-0.3, -0.25) is 0 Å². The third-order valence-corrected chi connectivity index (χ3v) is 5.18. The van der Waals surface area contributed by atoms with Gasteiger partial charge in [-0.2, -0.15) is 0 Å². The van der Waals surface area contributed by atoms with Gasteiger partial charge in [0.1, 0.15) is 12.4 Å². The van der Waals surface area contributed by atoms with Crippen molar-refractivity contribution in [3.05, 3.63) is 53.8 Å². The second-order valence-corrected chi connectivity index (χ2v) is 6.58. The lowest BCUT2D eigenvalue weighted by Gasteiger charge is -2.36. The van der Waals surface area contributed by atoms with Crippen LogP contribution in [0.1, 0.15) is 11.6 Å². The van der Waals surface area contributed by atoms with Gasteiger partial charge in [0.05, 0.1) is 26.2 Å². The van der Waals surface area contributed by atoms with Crippen LogP contribution in [0.2, 0.25) is 0 Å². The Kier molecular flexibility index (Phi) is 4.46. The zero-order valence-electron chi connectivity index (χ0n) is 14.2. The third kappa shape index (κ3) is 3.27. The van der Waals surface area contributed by atoms with Crippen LogP contribution < -0.4 is 25.0 Å². The molecule has 4 rings (SSSR count). The van der Waals surface area contributed by atoms with Crippen molar-refractivity contribution in [2.45, 2.75) is 6.04 Å². The topological polar surface area (TPSA) is 53.8 Å². The van der Waals surface area contributed by atoms with E-state index >= 15 is 0 Å². The lowest BCUT2D eigenvalue weighted by Crippen LogP contribution is -3.16. The van der Waals surface area contributed by atoms with Crippen molar-refractivity contribution in [1.82, 2.24) is 0 Å². The molecule has 0 aromatic heterocycles. The van der Waals surface area contributed by atoms with Gasteiger partial charge in [-0.1, -0.05) is 0 Å². The number of anilines is 1. The van der Waals surface area contributed by atoms with Crippen LogP contribution in [0, 0.1) is 5.82 Å². The van der Waals surface area contributed by atoms with Crippen molar-refractivity contribution in [1.29, 1.82) is 0 Å². The molecule has 0 unspecified atom stereocenters. The molecule has 1 saturated heterocycles. The van der Waals surface area contributed by atoms with Crippen LogP contribution in [0.4, 0.5) is 10.1 Å². The number of halogens is 1. The number of quaternary nitrogens is 2. The molecular formula is C19H24FN3O2+2. The molecule has 132 valence electrons. The summed E-state index contributed by atoms with van der Waals surface area (Å²) in [7, 11) is 0. The molecule has 5 nitrogen and oxygen atoms in total. The number of hydrogen-bond donors (Lipinski definition) is 2. The first kappa shape index (κ1) is 16.2. The van der Waals surface area contributed by atoms with Crippen molar-refractivity contribution in [3.8, 4) is 11.5 Å². The Morgan fingerprint density at radius 2 is 1.76 bits per heavy atom. The fourth-order valence-electron chi connectivity index (χ4n) is 3.79. The minimum atomic E-state index is -0.187. The highest BCUT2D eigenvalue weighted by Crippen LogP contribution is 2.33. The van der Waals surface area contributed by atoms with Crippen molar-refractivity contribution >= 4 is 5.69 Å². The van der Waals surface area contributed by atoms with E-state index in [4.69, 9.17) is 9.47 Å². The molecule has 2 aromatic rings. The van der Waals surface area contributed by atoms with Crippen LogP contribution in [0.5, 0.6) is 11.5 Å². The van der Waals surface area contributed by atoms with Gasteiger partial charge in [0, 0.05) is 11.3 Å². The van der Waals surface area contributed by atoms with E-state index in [1.165, 1.54) is 22.6 Å². The molecule has 0 saturated carbocycles. The Hall–Kier alpha value is -2.31. The summed E-state index contributed by atoms with van der Waals surface area (Å²) >= 11 is 0. The fourth-order valence-corrected chi connectivity index (χ4v) is 3.79. The van der Waals surface area contributed by atoms with Gasteiger partial charge in [-0.15, -0.1) is 0 Å². The van der Waals surface area contributed by atoms with E-state index in [9.17, 15) is 4.39 Å². The molecule has 0 amide bonds. The summed E-state index contributed by atoms with van der Waals surface area (Å²) in [6.07, 6.45) is 0. The molecule has 0 radical (unpaired) electrons. The van der Waals surface area contributed by atoms with Gasteiger partial charge in [-0.05, 0) is 42.5 Å². The van der Waals surface area contributed by atoms with Crippen LogP contribution >= 0.6 is 0 Å². The molecule has 1 atom stereocenters. The first-order chi connectivity index (χ1) is 12.2. The summed E-state index contributed by atoms with van der Waals surface area (Å²) in [5.74, 6) is 1.47. The van der Waals surface area contributed by atoms with Gasteiger partial charge < -0.3 is 25.0 Å². The Morgan fingerprint density at radius 1 is 1.04 bits per heavy atom. The van der Waals surface area contributed by atoms with Crippen LogP contribution in [0.3, 0.4) is 0 Å². The molecule has 2 heterocycles. The molecule has 0 aliphatic carbocycles. The summed E-state index contributed by atoms with van der Waals surface area (Å²) < 4.78 is 24.0. The smallest absolute Gasteiger partial charge is 0.231 e. The van der Waals surface area contributed by atoms with Crippen LogP contribution in [-0.4, -0.2) is 39.5 Å². The standard InChI is InChI=1S/C19H22FN3O2/c20-15-2-4-16(5-3-15)22-7-9-23(10-8-22)17(12-21)14-1-6-18-19(11-14)25-13-24-18/h1-6,11,17H,7-10,12-13,21H2/p+2/t17-/m0/s1. The summed E-state index contributed by atoms with van der Waals surface area (Å²) in [5.41, 5.74) is 6.52. The third-order valence-electron chi connectivity index (χ3n) is 5.18. The Balaban J connectivity index is 1.44. The zero-order valence-corrected chi connectivity index (χ0v) is 14.2. The molecular weight excluding hydrogens is 321 g/mol. The van der Waals surface area contributed by atoms with E-state index in [0.29, 0.717) is 12.8 Å². The zero-order chi connectivity index (χ0) is 17.2. The monoisotopic (exact) mass is 345 g/mol. The molecule has 0 spiro atoms. The molecule has 1 fully saturated rings. The minimum Gasteiger partial charge on any atom is -0.454 e. The number of hydrogen-bond acceptors (Lipinski definition) is 3. The Labute approximate surface area is 146 Å². The van der Waals surface area contributed by atoms with E-state index in [0.717, 1.165) is 49.9 Å². The number of ether oxygens (including phenoxy) is 2. The second kappa shape index (κ2) is 6.90. The highest BCUT2D eigenvalue weighted by molar-refractivity contribution is 5.47. The summed E-state index contributed by atoms with van der Waals surface area (Å²) in [6, 6.07) is 13.3. The predicted octanol–water partition coefficient (Wildman–Crippen LogP) is 0.243. The Bertz CT molecular complexity index is 730. The van der Waals surface area contributed by atoms with Gasteiger partial charge in [0.25, 0.3) is 0 Å². The highest BCUT2D eigenvalue weighted by Gasteiger charge is 2.30. The SMILES string of the molecule is [NH3+]C[C@@H](c1ccc2c(c1)OCO2)[NH+]1CCN(c2ccc(F)cc2)CC1. The average molecular weight is 345 g/mol. The number of nitrogens with zero attached hydrogens (tertiary/aromatic N) is 1. The van der Waals surface area contributed by atoms with E-state index in [2.05, 4.69) is 22.8 Å². The lowest BCUT2D eigenvalue weighted by atomic mass is 10.0. The molecule has 0 bridgehead atoms.